The summed E-state index contributed by atoms with van der Waals surface area (Å²) in [6.07, 6.45) is 0. The zero-order valence-electron chi connectivity index (χ0n) is 14.2. The lowest BCUT2D eigenvalue weighted by Crippen LogP contribution is -2.26. The SMILES string of the molecule is Cc1nc2ccc(C(=O)N(C)Cc3ccc(F)cc3F)cc2nc1C. The third-order valence-corrected chi connectivity index (χ3v) is 4.09. The van der Waals surface area contributed by atoms with Crippen LogP contribution in [0.15, 0.2) is 36.4 Å². The summed E-state index contributed by atoms with van der Waals surface area (Å²) < 4.78 is 26.8. The number of fused-ring (bicyclic) bond motifs is 1. The molecule has 6 heteroatoms. The second-order valence-corrected chi connectivity index (χ2v) is 5.99. The summed E-state index contributed by atoms with van der Waals surface area (Å²) in [5.41, 5.74) is 3.69. The maximum atomic E-state index is 13.8. The molecule has 0 bridgehead atoms. The zero-order valence-corrected chi connectivity index (χ0v) is 14.2. The number of hydrogen-bond donors (Lipinski definition) is 0. The van der Waals surface area contributed by atoms with Crippen molar-refractivity contribution >= 4 is 16.9 Å². The Balaban J connectivity index is 1.86. The number of carbonyl (C=O) groups excluding carboxylic acids is 1. The van der Waals surface area contributed by atoms with Crippen molar-refractivity contribution in [2.24, 2.45) is 0 Å². The fourth-order valence-electron chi connectivity index (χ4n) is 2.56. The molecule has 25 heavy (non-hydrogen) atoms. The van der Waals surface area contributed by atoms with E-state index in [-0.39, 0.29) is 18.0 Å². The lowest BCUT2D eigenvalue weighted by molar-refractivity contribution is 0.0784. The number of carbonyl (C=O) groups is 1. The number of hydrogen-bond acceptors (Lipinski definition) is 3. The van der Waals surface area contributed by atoms with Gasteiger partial charge >= 0.3 is 0 Å². The van der Waals surface area contributed by atoms with Crippen LogP contribution in [0, 0.1) is 25.5 Å². The van der Waals surface area contributed by atoms with E-state index in [2.05, 4.69) is 9.97 Å². The van der Waals surface area contributed by atoms with Crippen LogP contribution in [-0.4, -0.2) is 27.8 Å². The van der Waals surface area contributed by atoms with Crippen molar-refractivity contribution < 1.29 is 13.6 Å². The zero-order chi connectivity index (χ0) is 18.1. The topological polar surface area (TPSA) is 46.1 Å². The van der Waals surface area contributed by atoms with Gasteiger partial charge in [-0.2, -0.15) is 0 Å². The Morgan fingerprint density at radius 1 is 1.00 bits per heavy atom. The Bertz CT molecular complexity index is 972. The molecule has 0 aliphatic rings. The number of rotatable bonds is 3. The molecular weight excluding hydrogens is 324 g/mol. The van der Waals surface area contributed by atoms with Gasteiger partial charge < -0.3 is 4.90 Å². The maximum absolute atomic E-state index is 13.8. The second-order valence-electron chi connectivity index (χ2n) is 5.99. The quantitative estimate of drug-likeness (QED) is 0.728. The fraction of sp³-hybridized carbons (Fsp3) is 0.211. The van der Waals surface area contributed by atoms with Crippen LogP contribution in [0.5, 0.6) is 0 Å². The van der Waals surface area contributed by atoms with Crippen LogP contribution in [0.3, 0.4) is 0 Å². The third-order valence-electron chi connectivity index (χ3n) is 4.09. The highest BCUT2D eigenvalue weighted by Crippen LogP contribution is 2.17. The predicted octanol–water partition coefficient (Wildman–Crippen LogP) is 3.80. The standard InChI is InChI=1S/C19H17F2N3O/c1-11-12(2)23-18-8-13(5-7-17(18)22-11)19(25)24(3)10-14-4-6-15(20)9-16(14)21/h4-9H,10H2,1-3H3. The molecule has 0 saturated heterocycles. The second kappa shape index (κ2) is 6.55. The monoisotopic (exact) mass is 341 g/mol. The molecule has 4 nitrogen and oxygen atoms in total. The molecule has 3 aromatic rings. The van der Waals surface area contributed by atoms with Gasteiger partial charge in [0.25, 0.3) is 5.91 Å². The molecule has 0 aliphatic heterocycles. The van der Waals surface area contributed by atoms with Gasteiger partial charge in [-0.1, -0.05) is 6.07 Å². The molecule has 0 fully saturated rings. The van der Waals surface area contributed by atoms with Gasteiger partial charge in [-0.25, -0.2) is 18.7 Å². The summed E-state index contributed by atoms with van der Waals surface area (Å²) in [5.74, 6) is -1.59. The van der Waals surface area contributed by atoms with E-state index >= 15 is 0 Å². The van der Waals surface area contributed by atoms with Crippen LogP contribution in [-0.2, 0) is 6.54 Å². The van der Waals surface area contributed by atoms with Gasteiger partial charge in [0.15, 0.2) is 0 Å². The Labute approximate surface area is 144 Å². The molecule has 1 heterocycles. The van der Waals surface area contributed by atoms with Gasteiger partial charge in [-0.05, 0) is 38.1 Å². The number of aromatic nitrogens is 2. The maximum Gasteiger partial charge on any atom is 0.253 e. The van der Waals surface area contributed by atoms with Crippen LogP contribution < -0.4 is 0 Å². The van der Waals surface area contributed by atoms with Gasteiger partial charge in [-0.3, -0.25) is 4.79 Å². The molecule has 1 amide bonds. The molecule has 2 aromatic carbocycles. The van der Waals surface area contributed by atoms with Crippen LogP contribution in [0.4, 0.5) is 8.78 Å². The van der Waals surface area contributed by atoms with Crippen molar-refractivity contribution in [3.63, 3.8) is 0 Å². The molecule has 0 spiro atoms. The van der Waals surface area contributed by atoms with Gasteiger partial charge in [0.1, 0.15) is 11.6 Å². The lowest BCUT2D eigenvalue weighted by atomic mass is 10.1. The first-order valence-corrected chi connectivity index (χ1v) is 7.79. The van der Waals surface area contributed by atoms with Crippen molar-refractivity contribution in [3.05, 3.63) is 70.5 Å². The average molecular weight is 341 g/mol. The molecule has 1 aromatic heterocycles. The smallest absolute Gasteiger partial charge is 0.253 e. The summed E-state index contributed by atoms with van der Waals surface area (Å²) in [6, 6.07) is 8.42. The van der Waals surface area contributed by atoms with Crippen molar-refractivity contribution in [2.45, 2.75) is 20.4 Å². The summed E-state index contributed by atoms with van der Waals surface area (Å²) in [6.45, 7) is 3.78. The van der Waals surface area contributed by atoms with Gasteiger partial charge in [0.05, 0.1) is 22.4 Å². The van der Waals surface area contributed by atoms with E-state index in [1.807, 2.05) is 13.8 Å². The Morgan fingerprint density at radius 3 is 2.36 bits per heavy atom. The molecule has 0 N–H and O–H groups in total. The van der Waals surface area contributed by atoms with Crippen molar-refractivity contribution in [2.75, 3.05) is 7.05 Å². The van der Waals surface area contributed by atoms with Gasteiger partial charge in [0.2, 0.25) is 0 Å². The molecule has 0 aliphatic carbocycles. The van der Waals surface area contributed by atoms with Crippen molar-refractivity contribution in [3.8, 4) is 0 Å². The first-order chi connectivity index (χ1) is 11.8. The molecule has 0 saturated carbocycles. The Morgan fingerprint density at radius 2 is 1.68 bits per heavy atom. The summed E-state index contributed by atoms with van der Waals surface area (Å²) in [5, 5.41) is 0. The Kier molecular flexibility index (Phi) is 4.44. The number of nitrogens with zero attached hydrogens (tertiary/aromatic N) is 3. The minimum atomic E-state index is -0.671. The minimum Gasteiger partial charge on any atom is -0.337 e. The van der Waals surface area contributed by atoms with Crippen LogP contribution in [0.2, 0.25) is 0 Å². The fourth-order valence-corrected chi connectivity index (χ4v) is 2.56. The van der Waals surface area contributed by atoms with Gasteiger partial charge in [-0.15, -0.1) is 0 Å². The highest BCUT2D eigenvalue weighted by molar-refractivity contribution is 5.97. The molecule has 0 atom stereocenters. The highest BCUT2D eigenvalue weighted by atomic mass is 19.1. The van der Waals surface area contributed by atoms with E-state index < -0.39 is 11.6 Å². The Hall–Kier alpha value is -2.89. The first kappa shape index (κ1) is 17.0. The van der Waals surface area contributed by atoms with Crippen LogP contribution >= 0.6 is 0 Å². The van der Waals surface area contributed by atoms with Crippen LogP contribution in [0.25, 0.3) is 11.0 Å². The van der Waals surface area contributed by atoms with E-state index in [4.69, 9.17) is 0 Å². The van der Waals surface area contributed by atoms with Crippen molar-refractivity contribution in [1.82, 2.24) is 14.9 Å². The number of amides is 1. The minimum absolute atomic E-state index is 0.0432. The normalized spacial score (nSPS) is 10.9. The van der Waals surface area contributed by atoms with Crippen LogP contribution in [0.1, 0.15) is 27.3 Å². The largest absolute Gasteiger partial charge is 0.337 e. The lowest BCUT2D eigenvalue weighted by Gasteiger charge is -2.18. The summed E-state index contributed by atoms with van der Waals surface area (Å²) >= 11 is 0. The third kappa shape index (κ3) is 3.47. The highest BCUT2D eigenvalue weighted by Gasteiger charge is 2.15. The molecule has 3 rings (SSSR count). The van der Waals surface area contributed by atoms with Crippen molar-refractivity contribution in [1.29, 1.82) is 0 Å². The summed E-state index contributed by atoms with van der Waals surface area (Å²) in [7, 11) is 1.57. The number of aryl methyl sites for hydroxylation is 2. The summed E-state index contributed by atoms with van der Waals surface area (Å²) in [4.78, 5) is 22.9. The van der Waals surface area contributed by atoms with E-state index in [0.717, 1.165) is 17.5 Å². The van der Waals surface area contributed by atoms with E-state index in [1.165, 1.54) is 17.0 Å². The van der Waals surface area contributed by atoms with Gasteiger partial charge in [0, 0.05) is 30.8 Å². The number of benzene rings is 2. The molecule has 0 unspecified atom stereocenters. The first-order valence-electron chi connectivity index (χ1n) is 7.79. The molecular formula is C19H17F2N3O. The van der Waals surface area contributed by atoms with E-state index in [1.54, 1.807) is 25.2 Å². The van der Waals surface area contributed by atoms with E-state index in [0.29, 0.717) is 16.6 Å². The number of halogens is 2. The van der Waals surface area contributed by atoms with E-state index in [9.17, 15) is 13.6 Å². The predicted molar refractivity (Wildman–Crippen MR) is 91.2 cm³/mol. The molecule has 128 valence electrons. The average Bonchev–Trinajstić information content (AvgIpc) is 2.57. The molecule has 0 radical (unpaired) electrons.